The number of amides is 1. The fourth-order valence-electron chi connectivity index (χ4n) is 2.81. The smallest absolute Gasteiger partial charge is 0.225 e. The minimum absolute atomic E-state index is 0.0312. The average molecular weight is 236 g/mol. The third-order valence-corrected chi connectivity index (χ3v) is 3.89. The lowest BCUT2D eigenvalue weighted by Crippen LogP contribution is -2.48. The normalized spacial score (nSPS) is 27.5. The Morgan fingerprint density at radius 1 is 1.35 bits per heavy atom. The number of rotatable bonds is 2. The highest BCUT2D eigenvalue weighted by atomic mass is 16.2. The van der Waals surface area contributed by atoms with Crippen molar-refractivity contribution in [2.24, 2.45) is 0 Å². The first-order valence-corrected chi connectivity index (χ1v) is 6.26. The van der Waals surface area contributed by atoms with Gasteiger partial charge in [-0.15, -0.1) is 0 Å². The maximum Gasteiger partial charge on any atom is 0.225 e. The lowest BCUT2D eigenvalue weighted by atomic mass is 10.1. The van der Waals surface area contributed by atoms with E-state index in [1.54, 1.807) is 7.05 Å². The molecule has 0 aromatic heterocycles. The molecule has 0 spiro atoms. The Labute approximate surface area is 102 Å². The first-order chi connectivity index (χ1) is 8.15. The fraction of sp³-hybridized carbons (Fsp3) is 0.750. The summed E-state index contributed by atoms with van der Waals surface area (Å²) in [6.07, 6.45) is 6.32. The van der Waals surface area contributed by atoms with Gasteiger partial charge in [0.25, 0.3) is 0 Å². The van der Waals surface area contributed by atoms with E-state index in [2.05, 4.69) is 0 Å². The van der Waals surface area contributed by atoms with Crippen LogP contribution in [0.2, 0.25) is 0 Å². The number of carbonyl (C=O) groups is 1. The average Bonchev–Trinajstić information content (AvgIpc) is 2.80. The highest BCUT2D eigenvalue weighted by molar-refractivity contribution is 6.02. The Morgan fingerprint density at radius 2 is 2.00 bits per heavy atom. The van der Waals surface area contributed by atoms with Crippen LogP contribution < -0.4 is 0 Å². The molecule has 1 amide bonds. The molecule has 1 aliphatic heterocycles. The quantitative estimate of drug-likeness (QED) is 0.704. The van der Waals surface area contributed by atoms with Gasteiger partial charge in [0.15, 0.2) is 0 Å². The zero-order valence-corrected chi connectivity index (χ0v) is 10.3. The summed E-state index contributed by atoms with van der Waals surface area (Å²) in [6.45, 7) is 0.636. The summed E-state index contributed by atoms with van der Waals surface area (Å²) in [6, 6.07) is -0.0742. The molecule has 1 atom stereocenters. The van der Waals surface area contributed by atoms with Gasteiger partial charge in [0.1, 0.15) is 11.9 Å². The van der Waals surface area contributed by atoms with Gasteiger partial charge >= 0.3 is 0 Å². The van der Waals surface area contributed by atoms with Gasteiger partial charge in [0, 0.05) is 32.3 Å². The molecule has 0 aromatic carbocycles. The summed E-state index contributed by atoms with van der Waals surface area (Å²) < 4.78 is 0. The van der Waals surface area contributed by atoms with E-state index in [1.807, 2.05) is 4.90 Å². The Kier molecular flexibility index (Phi) is 3.45. The molecule has 2 rings (SSSR count). The van der Waals surface area contributed by atoms with Crippen LogP contribution in [0.4, 0.5) is 0 Å². The van der Waals surface area contributed by atoms with Gasteiger partial charge < -0.3 is 15.2 Å². The van der Waals surface area contributed by atoms with E-state index in [4.69, 9.17) is 10.8 Å². The van der Waals surface area contributed by atoms with Crippen molar-refractivity contribution in [1.82, 2.24) is 9.80 Å². The van der Waals surface area contributed by atoms with Gasteiger partial charge in [-0.1, -0.05) is 12.8 Å². The summed E-state index contributed by atoms with van der Waals surface area (Å²) in [5.41, 5.74) is 0. The van der Waals surface area contributed by atoms with Crippen molar-refractivity contribution in [2.75, 3.05) is 13.6 Å². The minimum atomic E-state index is -0.481. The lowest BCUT2D eigenvalue weighted by Gasteiger charge is -2.32. The van der Waals surface area contributed by atoms with Crippen molar-refractivity contribution in [3.63, 3.8) is 0 Å². The largest absolute Gasteiger partial charge is 0.355 e. The summed E-state index contributed by atoms with van der Waals surface area (Å²) in [5.74, 6) is 0.448. The maximum atomic E-state index is 11.8. The molecule has 2 aliphatic rings. The van der Waals surface area contributed by atoms with Crippen LogP contribution in [0, 0.1) is 10.8 Å². The molecule has 17 heavy (non-hydrogen) atoms. The van der Waals surface area contributed by atoms with Crippen molar-refractivity contribution in [1.29, 1.82) is 10.8 Å². The zero-order chi connectivity index (χ0) is 12.4. The summed E-state index contributed by atoms with van der Waals surface area (Å²) in [5, 5.41) is 15.6. The van der Waals surface area contributed by atoms with Crippen LogP contribution in [0.5, 0.6) is 0 Å². The van der Waals surface area contributed by atoms with Crippen LogP contribution >= 0.6 is 0 Å². The fourth-order valence-corrected chi connectivity index (χ4v) is 2.81. The number of hydrogen-bond donors (Lipinski definition) is 2. The number of hydrogen-bond acceptors (Lipinski definition) is 3. The van der Waals surface area contributed by atoms with Crippen molar-refractivity contribution in [3.8, 4) is 0 Å². The molecule has 0 aromatic rings. The molecule has 5 nitrogen and oxygen atoms in total. The predicted octanol–water partition coefficient (Wildman–Crippen LogP) is 1.09. The number of nitrogens with one attached hydrogen (secondary N) is 2. The number of likely N-dealkylation sites (N-methyl/N-ethyl adjacent to an activating group) is 1. The van der Waals surface area contributed by atoms with E-state index in [0.29, 0.717) is 24.8 Å². The Bertz CT molecular complexity index is 335. The monoisotopic (exact) mass is 236 g/mol. The van der Waals surface area contributed by atoms with Gasteiger partial charge in [-0.05, 0) is 12.8 Å². The van der Waals surface area contributed by atoms with Gasteiger partial charge in [-0.2, -0.15) is 0 Å². The number of nitrogens with zero attached hydrogens (tertiary/aromatic N) is 2. The van der Waals surface area contributed by atoms with E-state index in [9.17, 15) is 4.79 Å². The third-order valence-electron chi connectivity index (χ3n) is 3.89. The van der Waals surface area contributed by atoms with Crippen molar-refractivity contribution in [3.05, 3.63) is 0 Å². The first-order valence-electron chi connectivity index (χ1n) is 6.26. The Hall–Kier alpha value is -1.39. The highest BCUT2D eigenvalue weighted by Gasteiger charge is 2.34. The summed E-state index contributed by atoms with van der Waals surface area (Å²) >= 11 is 0. The first kappa shape index (κ1) is 12.1. The molecular weight excluding hydrogens is 216 g/mol. The molecule has 0 bridgehead atoms. The zero-order valence-electron chi connectivity index (χ0n) is 10.3. The van der Waals surface area contributed by atoms with E-state index < -0.39 is 6.04 Å². The van der Waals surface area contributed by atoms with E-state index in [-0.39, 0.29) is 5.91 Å². The standard InChI is InChI=1S/C12H20N4O/c1-15-10(8-13)12(14)16(7-6-11(15)17)9-4-2-3-5-9/h8-10,13-14H,2-7H2,1H3. The molecule has 2 N–H and O–H groups in total. The second-order valence-electron chi connectivity index (χ2n) is 4.88. The van der Waals surface area contributed by atoms with Crippen LogP contribution in [0.3, 0.4) is 0 Å². The second kappa shape index (κ2) is 4.85. The number of amidine groups is 1. The molecule has 1 saturated carbocycles. The SMILES string of the molecule is CN1C(=O)CCN(C2CCCC2)C(=N)C1C=N. The Morgan fingerprint density at radius 3 is 2.59 bits per heavy atom. The lowest BCUT2D eigenvalue weighted by molar-refractivity contribution is -0.129. The van der Waals surface area contributed by atoms with E-state index >= 15 is 0 Å². The van der Waals surface area contributed by atoms with Gasteiger partial charge in [0.2, 0.25) is 5.91 Å². The second-order valence-corrected chi connectivity index (χ2v) is 4.88. The van der Waals surface area contributed by atoms with Crippen molar-refractivity contribution >= 4 is 18.0 Å². The molecular formula is C12H20N4O. The minimum Gasteiger partial charge on any atom is -0.355 e. The van der Waals surface area contributed by atoms with Gasteiger partial charge in [0.05, 0.1) is 0 Å². The molecule has 5 heteroatoms. The van der Waals surface area contributed by atoms with Crippen LogP contribution in [0.25, 0.3) is 0 Å². The number of carbonyl (C=O) groups excluding carboxylic acids is 1. The topological polar surface area (TPSA) is 71.2 Å². The highest BCUT2D eigenvalue weighted by Crippen LogP contribution is 2.26. The van der Waals surface area contributed by atoms with Crippen molar-refractivity contribution < 1.29 is 4.79 Å². The third kappa shape index (κ3) is 2.18. The summed E-state index contributed by atoms with van der Waals surface area (Å²) in [7, 11) is 1.69. The summed E-state index contributed by atoms with van der Waals surface area (Å²) in [4.78, 5) is 15.4. The van der Waals surface area contributed by atoms with Crippen molar-refractivity contribution in [2.45, 2.75) is 44.2 Å². The predicted molar refractivity (Wildman–Crippen MR) is 66.6 cm³/mol. The van der Waals surface area contributed by atoms with Crippen LogP contribution in [0.15, 0.2) is 0 Å². The molecule has 2 fully saturated rings. The molecule has 1 unspecified atom stereocenters. The van der Waals surface area contributed by atoms with Crippen LogP contribution in [-0.2, 0) is 4.79 Å². The Balaban J connectivity index is 2.19. The van der Waals surface area contributed by atoms with E-state index in [0.717, 1.165) is 12.8 Å². The molecule has 0 radical (unpaired) electrons. The molecule has 1 heterocycles. The van der Waals surface area contributed by atoms with E-state index in [1.165, 1.54) is 24.0 Å². The molecule has 1 aliphatic carbocycles. The molecule has 94 valence electrons. The van der Waals surface area contributed by atoms with Gasteiger partial charge in [-0.3, -0.25) is 10.2 Å². The van der Waals surface area contributed by atoms with Gasteiger partial charge in [-0.25, -0.2) is 0 Å². The molecule has 1 saturated heterocycles. The van der Waals surface area contributed by atoms with Crippen LogP contribution in [0.1, 0.15) is 32.1 Å². The van der Waals surface area contributed by atoms with Crippen LogP contribution in [-0.4, -0.2) is 53.4 Å². The maximum absolute atomic E-state index is 11.8.